The first-order chi connectivity index (χ1) is 13.1. The Balaban J connectivity index is 1.85. The van der Waals surface area contributed by atoms with Gasteiger partial charge in [0.15, 0.2) is 5.78 Å². The van der Waals surface area contributed by atoms with Gasteiger partial charge >= 0.3 is 0 Å². The molecule has 1 aromatic carbocycles. The topological polar surface area (TPSA) is 64.1 Å². The van der Waals surface area contributed by atoms with Crippen molar-refractivity contribution in [3.8, 4) is 10.6 Å². The summed E-state index contributed by atoms with van der Waals surface area (Å²) in [5, 5.41) is 2.85. The van der Waals surface area contributed by atoms with Crippen LogP contribution >= 0.6 is 11.3 Å². The second kappa shape index (κ2) is 7.70. The first-order valence-corrected chi connectivity index (χ1v) is 10.5. The van der Waals surface area contributed by atoms with E-state index in [0.29, 0.717) is 6.42 Å². The van der Waals surface area contributed by atoms with Gasteiger partial charge in [0.05, 0.1) is 0 Å². The fourth-order valence-corrected chi connectivity index (χ4v) is 4.82. The number of hydrogen-bond donors (Lipinski definition) is 0. The van der Waals surface area contributed by atoms with Crippen molar-refractivity contribution < 1.29 is 14.4 Å². The second-order valence-corrected chi connectivity index (χ2v) is 9.94. The molecule has 0 N–H and O–H groups in total. The molecule has 5 heteroatoms. The zero-order valence-corrected chi connectivity index (χ0v) is 18.0. The number of hydrogen-bond acceptors (Lipinski definition) is 5. The van der Waals surface area contributed by atoms with Gasteiger partial charge in [-0.1, -0.05) is 20.8 Å². The zero-order chi connectivity index (χ0) is 20.6. The van der Waals surface area contributed by atoms with Crippen molar-refractivity contribution in [2.75, 3.05) is 0 Å². The van der Waals surface area contributed by atoms with E-state index in [-0.39, 0.29) is 35.6 Å². The highest BCUT2D eigenvalue weighted by molar-refractivity contribution is 7.13. The smallest absolute Gasteiger partial charge is 0.151 e. The first-order valence-electron chi connectivity index (χ1n) is 9.66. The number of aromatic nitrogens is 1. The average molecular weight is 398 g/mol. The predicted octanol–water partition coefficient (Wildman–Crippen LogP) is 5.06. The molecule has 1 aliphatic rings. The van der Waals surface area contributed by atoms with E-state index in [2.05, 4.69) is 4.98 Å². The molecule has 1 aliphatic carbocycles. The molecule has 1 saturated carbocycles. The Bertz CT molecular complexity index is 899. The third-order valence-corrected chi connectivity index (χ3v) is 6.04. The maximum Gasteiger partial charge on any atom is 0.151 e. The second-order valence-electron chi connectivity index (χ2n) is 9.04. The highest BCUT2D eigenvalue weighted by Crippen LogP contribution is 2.39. The van der Waals surface area contributed by atoms with Crippen LogP contribution in [0.3, 0.4) is 0 Å². The van der Waals surface area contributed by atoms with Crippen molar-refractivity contribution in [1.82, 2.24) is 4.98 Å². The van der Waals surface area contributed by atoms with E-state index < -0.39 is 11.8 Å². The van der Waals surface area contributed by atoms with E-state index in [1.807, 2.05) is 52.1 Å². The number of ketones is 3. The van der Waals surface area contributed by atoms with Crippen LogP contribution in [0.25, 0.3) is 10.6 Å². The molecule has 2 atom stereocenters. The minimum absolute atomic E-state index is 0.0619. The third-order valence-electron chi connectivity index (χ3n) is 5.22. The maximum atomic E-state index is 13.1. The molecule has 3 rings (SSSR count). The molecule has 2 unspecified atom stereocenters. The molecular weight excluding hydrogens is 370 g/mol. The van der Waals surface area contributed by atoms with Gasteiger partial charge in [0.1, 0.15) is 22.5 Å². The van der Waals surface area contributed by atoms with Crippen molar-refractivity contribution in [3.63, 3.8) is 0 Å². The Kier molecular flexibility index (Phi) is 5.67. The monoisotopic (exact) mass is 397 g/mol. The summed E-state index contributed by atoms with van der Waals surface area (Å²) >= 11 is 1.56. The Morgan fingerprint density at radius 3 is 2.36 bits per heavy atom. The molecule has 148 valence electrons. The number of aryl methyl sites for hydroxylation is 2. The summed E-state index contributed by atoms with van der Waals surface area (Å²) in [5.74, 6) is -1.32. The quantitative estimate of drug-likeness (QED) is 0.661. The Morgan fingerprint density at radius 1 is 1.18 bits per heavy atom. The van der Waals surface area contributed by atoms with Crippen LogP contribution in [-0.4, -0.2) is 22.3 Å². The standard InChI is InChI=1S/C23H27NO3S/c1-13-8-16(22-24-6-7-28-22)9-14(2)19(13)20-18(26)11-15(21(20)27)10-17(25)12-23(3,4)5/h6-9,15,20H,10-12H2,1-5H3. The van der Waals surface area contributed by atoms with Crippen LogP contribution in [0, 0.1) is 25.2 Å². The van der Waals surface area contributed by atoms with Gasteiger partial charge < -0.3 is 0 Å². The van der Waals surface area contributed by atoms with Gasteiger partial charge in [0.2, 0.25) is 0 Å². The molecule has 1 fully saturated rings. The summed E-state index contributed by atoms with van der Waals surface area (Å²) in [6, 6.07) is 4.00. The molecule has 1 aromatic heterocycles. The lowest BCUT2D eigenvalue weighted by Gasteiger charge is -2.18. The van der Waals surface area contributed by atoms with E-state index in [9.17, 15) is 14.4 Å². The fourth-order valence-electron chi connectivity index (χ4n) is 4.19. The number of benzene rings is 1. The molecule has 0 amide bonds. The number of nitrogens with zero attached hydrogens (tertiary/aromatic N) is 1. The lowest BCUT2D eigenvalue weighted by atomic mass is 9.84. The fraction of sp³-hybridized carbons (Fsp3) is 0.478. The first kappa shape index (κ1) is 20.6. The summed E-state index contributed by atoms with van der Waals surface area (Å²) in [6.07, 6.45) is 2.54. The van der Waals surface area contributed by atoms with E-state index in [1.165, 1.54) is 0 Å². The molecule has 0 aliphatic heterocycles. The molecule has 4 nitrogen and oxygen atoms in total. The summed E-state index contributed by atoms with van der Waals surface area (Å²) in [4.78, 5) is 42.5. The Labute approximate surface area is 170 Å². The molecule has 0 radical (unpaired) electrons. The molecular formula is C23H27NO3S. The Hall–Kier alpha value is -2.14. The summed E-state index contributed by atoms with van der Waals surface area (Å²) < 4.78 is 0. The van der Waals surface area contributed by atoms with Gasteiger partial charge in [-0.05, 0) is 48.1 Å². The van der Waals surface area contributed by atoms with Gasteiger partial charge in [-0.25, -0.2) is 4.98 Å². The normalized spacial score (nSPS) is 20.0. The SMILES string of the molecule is Cc1cc(-c2nccs2)cc(C)c1C1C(=O)CC(CC(=O)CC(C)(C)C)C1=O. The van der Waals surface area contributed by atoms with Crippen LogP contribution in [0.2, 0.25) is 0 Å². The van der Waals surface area contributed by atoms with Crippen LogP contribution < -0.4 is 0 Å². The van der Waals surface area contributed by atoms with Gasteiger partial charge in [-0.3, -0.25) is 14.4 Å². The number of thiazole rings is 1. The lowest BCUT2D eigenvalue weighted by Crippen LogP contribution is -2.21. The van der Waals surface area contributed by atoms with E-state index >= 15 is 0 Å². The highest BCUT2D eigenvalue weighted by Gasteiger charge is 2.44. The molecule has 0 spiro atoms. The lowest BCUT2D eigenvalue weighted by molar-refractivity contribution is -0.128. The number of Topliss-reactive ketones (excluding diaryl/α,β-unsaturated/α-hetero) is 3. The largest absolute Gasteiger partial charge is 0.300 e. The molecule has 1 heterocycles. The van der Waals surface area contributed by atoms with Gasteiger partial charge in [0, 0.05) is 42.3 Å². The Morgan fingerprint density at radius 2 is 1.82 bits per heavy atom. The van der Waals surface area contributed by atoms with Crippen LogP contribution in [0.1, 0.15) is 62.6 Å². The van der Waals surface area contributed by atoms with Crippen molar-refractivity contribution in [1.29, 1.82) is 0 Å². The minimum atomic E-state index is -0.738. The summed E-state index contributed by atoms with van der Waals surface area (Å²) in [7, 11) is 0. The predicted molar refractivity (Wildman–Crippen MR) is 112 cm³/mol. The summed E-state index contributed by atoms with van der Waals surface area (Å²) in [6.45, 7) is 9.90. The van der Waals surface area contributed by atoms with E-state index in [0.717, 1.165) is 27.3 Å². The number of carbonyl (C=O) groups is 3. The maximum absolute atomic E-state index is 13.1. The molecule has 2 aromatic rings. The van der Waals surface area contributed by atoms with E-state index in [1.54, 1.807) is 17.5 Å². The van der Waals surface area contributed by atoms with Crippen molar-refractivity contribution >= 4 is 28.7 Å². The van der Waals surface area contributed by atoms with E-state index in [4.69, 9.17) is 0 Å². The molecule has 0 bridgehead atoms. The van der Waals surface area contributed by atoms with Crippen LogP contribution in [0.15, 0.2) is 23.7 Å². The number of carbonyl (C=O) groups excluding carboxylic acids is 3. The van der Waals surface area contributed by atoms with Crippen molar-refractivity contribution in [2.45, 2.75) is 59.8 Å². The van der Waals surface area contributed by atoms with Crippen LogP contribution in [0.4, 0.5) is 0 Å². The van der Waals surface area contributed by atoms with Gasteiger partial charge in [0.25, 0.3) is 0 Å². The van der Waals surface area contributed by atoms with Gasteiger partial charge in [-0.2, -0.15) is 0 Å². The molecule has 28 heavy (non-hydrogen) atoms. The number of rotatable bonds is 5. The highest BCUT2D eigenvalue weighted by atomic mass is 32.1. The average Bonchev–Trinajstić information content (AvgIpc) is 3.17. The molecule has 0 saturated heterocycles. The zero-order valence-electron chi connectivity index (χ0n) is 17.2. The van der Waals surface area contributed by atoms with Crippen LogP contribution in [-0.2, 0) is 14.4 Å². The minimum Gasteiger partial charge on any atom is -0.300 e. The third kappa shape index (κ3) is 4.30. The van der Waals surface area contributed by atoms with Crippen molar-refractivity contribution in [2.24, 2.45) is 11.3 Å². The van der Waals surface area contributed by atoms with Crippen molar-refractivity contribution in [3.05, 3.63) is 40.4 Å². The van der Waals surface area contributed by atoms with Gasteiger partial charge in [-0.15, -0.1) is 11.3 Å². The van der Waals surface area contributed by atoms with Crippen LogP contribution in [0.5, 0.6) is 0 Å². The summed E-state index contributed by atoms with van der Waals surface area (Å²) in [5.41, 5.74) is 3.56.